The fourth-order valence-electron chi connectivity index (χ4n) is 2.19. The molecule has 1 saturated carbocycles. The highest BCUT2D eigenvalue weighted by Gasteiger charge is 2.28. The van der Waals surface area contributed by atoms with Crippen molar-refractivity contribution >= 4 is 6.09 Å². The molecule has 1 fully saturated rings. The van der Waals surface area contributed by atoms with Gasteiger partial charge >= 0.3 is 6.09 Å². The van der Waals surface area contributed by atoms with E-state index in [1.54, 1.807) is 0 Å². The Hall–Kier alpha value is -0.770. The molecule has 1 amide bonds. The fourth-order valence-corrected chi connectivity index (χ4v) is 2.19. The molecule has 88 valence electrons. The van der Waals surface area contributed by atoms with Gasteiger partial charge in [0.1, 0.15) is 0 Å². The summed E-state index contributed by atoms with van der Waals surface area (Å²) in [5.41, 5.74) is 0.0421. The molecule has 0 heterocycles. The van der Waals surface area contributed by atoms with E-state index >= 15 is 0 Å². The van der Waals surface area contributed by atoms with E-state index in [0.717, 1.165) is 19.3 Å². The summed E-state index contributed by atoms with van der Waals surface area (Å²) in [7, 11) is 0. The predicted octanol–water partition coefficient (Wildman–Crippen LogP) is 1.95. The zero-order valence-corrected chi connectivity index (χ0v) is 9.84. The minimum atomic E-state index is -0.914. The minimum absolute atomic E-state index is 0.0421. The van der Waals surface area contributed by atoms with Crippen molar-refractivity contribution in [3.05, 3.63) is 0 Å². The molecule has 0 spiro atoms. The van der Waals surface area contributed by atoms with Crippen LogP contribution in [-0.2, 0) is 0 Å². The maximum atomic E-state index is 10.6. The molecule has 0 saturated heterocycles. The average molecular weight is 214 g/mol. The van der Waals surface area contributed by atoms with Crippen molar-refractivity contribution in [2.75, 3.05) is 0 Å². The fraction of sp³-hybridized carbons (Fsp3) is 0.909. The van der Waals surface area contributed by atoms with E-state index in [-0.39, 0.29) is 17.6 Å². The molecule has 2 unspecified atom stereocenters. The molecule has 1 aliphatic rings. The van der Waals surface area contributed by atoms with Crippen LogP contribution in [0.2, 0.25) is 0 Å². The number of carboxylic acid groups (broad SMARTS) is 1. The Morgan fingerprint density at radius 2 is 1.73 bits per heavy atom. The van der Waals surface area contributed by atoms with Crippen LogP contribution in [0.1, 0.15) is 46.5 Å². The standard InChI is InChI=1S/C11H22N2O2/c1-11(2,3)13-9-7-5-4-6-8(9)12-10(14)15/h8-9,12-13H,4-7H2,1-3H3,(H,14,15). The third-order valence-corrected chi connectivity index (χ3v) is 2.69. The lowest BCUT2D eigenvalue weighted by molar-refractivity contribution is 0.174. The molecule has 1 rings (SSSR count). The maximum Gasteiger partial charge on any atom is 0.404 e. The van der Waals surface area contributed by atoms with E-state index in [4.69, 9.17) is 5.11 Å². The van der Waals surface area contributed by atoms with Crippen LogP contribution in [-0.4, -0.2) is 28.8 Å². The Morgan fingerprint density at radius 1 is 1.20 bits per heavy atom. The van der Waals surface area contributed by atoms with Gasteiger partial charge in [0.25, 0.3) is 0 Å². The molecule has 0 radical (unpaired) electrons. The molecular formula is C11H22N2O2. The van der Waals surface area contributed by atoms with E-state index in [0.29, 0.717) is 0 Å². The smallest absolute Gasteiger partial charge is 0.404 e. The first-order valence-electron chi connectivity index (χ1n) is 5.65. The van der Waals surface area contributed by atoms with Crippen LogP contribution in [0.25, 0.3) is 0 Å². The van der Waals surface area contributed by atoms with Gasteiger partial charge in [-0.2, -0.15) is 0 Å². The Morgan fingerprint density at radius 3 is 2.20 bits per heavy atom. The summed E-state index contributed by atoms with van der Waals surface area (Å²) in [5, 5.41) is 14.8. The zero-order chi connectivity index (χ0) is 11.5. The van der Waals surface area contributed by atoms with Crippen LogP contribution in [0, 0.1) is 0 Å². The van der Waals surface area contributed by atoms with E-state index in [9.17, 15) is 4.79 Å². The van der Waals surface area contributed by atoms with Gasteiger partial charge in [0.05, 0.1) is 0 Å². The SMILES string of the molecule is CC(C)(C)NC1CCCCC1NC(=O)O. The first kappa shape index (κ1) is 12.3. The van der Waals surface area contributed by atoms with Crippen molar-refractivity contribution in [1.29, 1.82) is 0 Å². The highest BCUT2D eigenvalue weighted by Crippen LogP contribution is 2.20. The Bertz CT molecular complexity index is 223. The van der Waals surface area contributed by atoms with Crippen molar-refractivity contribution in [2.45, 2.75) is 64.1 Å². The summed E-state index contributed by atoms with van der Waals surface area (Å²) in [6.45, 7) is 6.33. The van der Waals surface area contributed by atoms with Crippen molar-refractivity contribution in [3.8, 4) is 0 Å². The summed E-state index contributed by atoms with van der Waals surface area (Å²) < 4.78 is 0. The van der Waals surface area contributed by atoms with E-state index in [2.05, 4.69) is 31.4 Å². The molecule has 4 nitrogen and oxygen atoms in total. The molecule has 0 aromatic carbocycles. The second-order valence-corrected chi connectivity index (χ2v) is 5.34. The number of nitrogens with one attached hydrogen (secondary N) is 2. The molecular weight excluding hydrogens is 192 g/mol. The highest BCUT2D eigenvalue weighted by atomic mass is 16.4. The van der Waals surface area contributed by atoms with Crippen LogP contribution in [0.15, 0.2) is 0 Å². The number of hydrogen-bond donors (Lipinski definition) is 3. The second kappa shape index (κ2) is 4.84. The number of hydrogen-bond acceptors (Lipinski definition) is 2. The predicted molar refractivity (Wildman–Crippen MR) is 60.1 cm³/mol. The molecule has 0 bridgehead atoms. The summed E-state index contributed by atoms with van der Waals surface area (Å²) >= 11 is 0. The topological polar surface area (TPSA) is 61.4 Å². The van der Waals surface area contributed by atoms with E-state index < -0.39 is 6.09 Å². The third-order valence-electron chi connectivity index (χ3n) is 2.69. The first-order chi connectivity index (χ1) is 6.88. The van der Waals surface area contributed by atoms with Gasteiger partial charge in [-0.15, -0.1) is 0 Å². The van der Waals surface area contributed by atoms with Gasteiger partial charge < -0.3 is 15.7 Å². The zero-order valence-electron chi connectivity index (χ0n) is 9.84. The normalized spacial score (nSPS) is 27.4. The lowest BCUT2D eigenvalue weighted by atomic mass is 9.88. The van der Waals surface area contributed by atoms with Crippen molar-refractivity contribution in [2.24, 2.45) is 0 Å². The summed E-state index contributed by atoms with van der Waals surface area (Å²) in [6.07, 6.45) is 3.39. The second-order valence-electron chi connectivity index (χ2n) is 5.34. The van der Waals surface area contributed by atoms with E-state index in [1.165, 1.54) is 6.42 Å². The molecule has 3 N–H and O–H groups in total. The van der Waals surface area contributed by atoms with Crippen LogP contribution in [0.4, 0.5) is 4.79 Å². The first-order valence-corrected chi connectivity index (χ1v) is 5.65. The quantitative estimate of drug-likeness (QED) is 0.658. The van der Waals surface area contributed by atoms with Gasteiger partial charge in [0, 0.05) is 17.6 Å². The van der Waals surface area contributed by atoms with Crippen LogP contribution < -0.4 is 10.6 Å². The number of rotatable bonds is 2. The Kier molecular flexibility index (Phi) is 3.97. The molecule has 2 atom stereocenters. The minimum Gasteiger partial charge on any atom is -0.465 e. The molecule has 0 aliphatic heterocycles. The van der Waals surface area contributed by atoms with Gasteiger partial charge in [-0.05, 0) is 33.6 Å². The lowest BCUT2D eigenvalue weighted by Crippen LogP contribution is -2.56. The van der Waals surface area contributed by atoms with Gasteiger partial charge in [-0.25, -0.2) is 4.79 Å². The molecule has 0 aromatic heterocycles. The number of carbonyl (C=O) groups is 1. The molecule has 15 heavy (non-hydrogen) atoms. The highest BCUT2D eigenvalue weighted by molar-refractivity contribution is 5.65. The summed E-state index contributed by atoms with van der Waals surface area (Å²) in [4.78, 5) is 10.6. The molecule has 1 aliphatic carbocycles. The van der Waals surface area contributed by atoms with Crippen LogP contribution in [0.5, 0.6) is 0 Å². The monoisotopic (exact) mass is 214 g/mol. The lowest BCUT2D eigenvalue weighted by Gasteiger charge is -2.37. The maximum absolute atomic E-state index is 10.6. The molecule has 4 heteroatoms. The van der Waals surface area contributed by atoms with Crippen LogP contribution in [0.3, 0.4) is 0 Å². The van der Waals surface area contributed by atoms with Crippen molar-refractivity contribution in [3.63, 3.8) is 0 Å². The van der Waals surface area contributed by atoms with Gasteiger partial charge in [-0.1, -0.05) is 12.8 Å². The Balaban J connectivity index is 2.53. The summed E-state index contributed by atoms with van der Waals surface area (Å²) in [5.74, 6) is 0. The van der Waals surface area contributed by atoms with E-state index in [1.807, 2.05) is 0 Å². The average Bonchev–Trinajstić information content (AvgIpc) is 2.05. The van der Waals surface area contributed by atoms with Crippen molar-refractivity contribution < 1.29 is 9.90 Å². The summed E-state index contributed by atoms with van der Waals surface area (Å²) in [6, 6.07) is 0.338. The molecule has 0 aromatic rings. The van der Waals surface area contributed by atoms with Gasteiger partial charge in [-0.3, -0.25) is 0 Å². The third kappa shape index (κ3) is 4.51. The van der Waals surface area contributed by atoms with Gasteiger partial charge in [0.15, 0.2) is 0 Å². The van der Waals surface area contributed by atoms with Crippen LogP contribution >= 0.6 is 0 Å². The number of amides is 1. The van der Waals surface area contributed by atoms with Crippen molar-refractivity contribution in [1.82, 2.24) is 10.6 Å². The van der Waals surface area contributed by atoms with Gasteiger partial charge in [0.2, 0.25) is 0 Å². The Labute approximate surface area is 91.4 Å². The largest absolute Gasteiger partial charge is 0.465 e.